The SMILES string of the molecule is COc1cnn(C)c1C(CCC1CCCC1)NN. The van der Waals surface area contributed by atoms with Crippen molar-refractivity contribution in [2.75, 3.05) is 7.11 Å². The first-order valence-electron chi connectivity index (χ1n) is 6.78. The van der Waals surface area contributed by atoms with Gasteiger partial charge in [-0.25, -0.2) is 0 Å². The van der Waals surface area contributed by atoms with Crippen molar-refractivity contribution in [2.45, 2.75) is 44.6 Å². The standard InChI is InChI=1S/C13H24N4O/c1-17-13(12(18-2)9-15-17)11(16-14)8-7-10-5-3-4-6-10/h9-11,16H,3-8,14H2,1-2H3. The second-order valence-corrected chi connectivity index (χ2v) is 5.17. The highest BCUT2D eigenvalue weighted by molar-refractivity contribution is 5.28. The van der Waals surface area contributed by atoms with Crippen LogP contribution in [0, 0.1) is 5.92 Å². The van der Waals surface area contributed by atoms with Crippen LogP contribution in [0.5, 0.6) is 5.75 Å². The summed E-state index contributed by atoms with van der Waals surface area (Å²) in [6.45, 7) is 0. The van der Waals surface area contributed by atoms with Crippen LogP contribution in [-0.2, 0) is 7.05 Å². The molecule has 0 aliphatic heterocycles. The number of methoxy groups -OCH3 is 1. The van der Waals surface area contributed by atoms with Crippen molar-refractivity contribution in [3.63, 3.8) is 0 Å². The Labute approximate surface area is 109 Å². The minimum Gasteiger partial charge on any atom is -0.493 e. The number of hydrogen-bond donors (Lipinski definition) is 2. The van der Waals surface area contributed by atoms with E-state index in [0.717, 1.165) is 23.8 Å². The van der Waals surface area contributed by atoms with Crippen molar-refractivity contribution in [1.29, 1.82) is 0 Å². The van der Waals surface area contributed by atoms with Crippen molar-refractivity contribution in [3.8, 4) is 5.75 Å². The molecule has 0 radical (unpaired) electrons. The molecule has 2 rings (SSSR count). The third-order valence-electron chi connectivity index (χ3n) is 4.04. The van der Waals surface area contributed by atoms with Crippen LogP contribution in [-0.4, -0.2) is 16.9 Å². The molecule has 18 heavy (non-hydrogen) atoms. The summed E-state index contributed by atoms with van der Waals surface area (Å²) in [6, 6.07) is 0.119. The van der Waals surface area contributed by atoms with Gasteiger partial charge in [-0.2, -0.15) is 5.10 Å². The van der Waals surface area contributed by atoms with Crippen LogP contribution in [0.4, 0.5) is 0 Å². The van der Waals surface area contributed by atoms with Gasteiger partial charge in [0, 0.05) is 7.05 Å². The predicted molar refractivity (Wildman–Crippen MR) is 71.0 cm³/mol. The van der Waals surface area contributed by atoms with Crippen LogP contribution in [0.1, 0.15) is 50.3 Å². The molecule has 1 fully saturated rings. The lowest BCUT2D eigenvalue weighted by atomic mass is 9.97. The zero-order valence-electron chi connectivity index (χ0n) is 11.4. The Bertz CT molecular complexity index is 371. The summed E-state index contributed by atoms with van der Waals surface area (Å²) in [6.07, 6.45) is 9.54. The number of nitrogens with zero attached hydrogens (tertiary/aromatic N) is 2. The third kappa shape index (κ3) is 2.84. The molecule has 0 saturated heterocycles. The highest BCUT2D eigenvalue weighted by Crippen LogP contribution is 2.33. The van der Waals surface area contributed by atoms with Gasteiger partial charge in [0.2, 0.25) is 0 Å². The summed E-state index contributed by atoms with van der Waals surface area (Å²) in [7, 11) is 3.60. The molecule has 1 unspecified atom stereocenters. The van der Waals surface area contributed by atoms with Gasteiger partial charge in [0.05, 0.1) is 25.0 Å². The number of rotatable bonds is 6. The van der Waals surface area contributed by atoms with E-state index in [1.54, 1.807) is 13.3 Å². The predicted octanol–water partition coefficient (Wildman–Crippen LogP) is 1.90. The number of nitrogens with two attached hydrogens (primary N) is 1. The first-order valence-corrected chi connectivity index (χ1v) is 6.78. The Balaban J connectivity index is 2.00. The van der Waals surface area contributed by atoms with Gasteiger partial charge in [0.25, 0.3) is 0 Å². The van der Waals surface area contributed by atoms with Gasteiger partial charge in [0.15, 0.2) is 5.75 Å². The zero-order chi connectivity index (χ0) is 13.0. The van der Waals surface area contributed by atoms with Crippen molar-refractivity contribution in [1.82, 2.24) is 15.2 Å². The fourth-order valence-corrected chi connectivity index (χ4v) is 2.98. The molecule has 3 N–H and O–H groups in total. The number of aryl methyl sites for hydroxylation is 1. The second-order valence-electron chi connectivity index (χ2n) is 5.17. The number of nitrogens with one attached hydrogen (secondary N) is 1. The fraction of sp³-hybridized carbons (Fsp3) is 0.769. The number of hydrogen-bond acceptors (Lipinski definition) is 4. The van der Waals surface area contributed by atoms with Crippen LogP contribution in [0.3, 0.4) is 0 Å². The zero-order valence-corrected chi connectivity index (χ0v) is 11.4. The lowest BCUT2D eigenvalue weighted by molar-refractivity contribution is 0.371. The van der Waals surface area contributed by atoms with Crippen molar-refractivity contribution < 1.29 is 4.74 Å². The third-order valence-corrected chi connectivity index (χ3v) is 4.04. The van der Waals surface area contributed by atoms with E-state index in [-0.39, 0.29) is 6.04 Å². The Morgan fingerprint density at radius 1 is 1.56 bits per heavy atom. The van der Waals surface area contributed by atoms with E-state index >= 15 is 0 Å². The van der Waals surface area contributed by atoms with Gasteiger partial charge < -0.3 is 4.74 Å². The molecule has 1 aromatic rings. The number of hydrazine groups is 1. The van der Waals surface area contributed by atoms with E-state index < -0.39 is 0 Å². The Hall–Kier alpha value is -1.07. The van der Waals surface area contributed by atoms with E-state index in [1.807, 2.05) is 11.7 Å². The molecule has 1 atom stereocenters. The van der Waals surface area contributed by atoms with E-state index in [1.165, 1.54) is 32.1 Å². The molecule has 1 aliphatic rings. The molecule has 1 aliphatic carbocycles. The van der Waals surface area contributed by atoms with E-state index in [2.05, 4.69) is 10.5 Å². The summed E-state index contributed by atoms with van der Waals surface area (Å²) in [5.74, 6) is 7.38. The lowest BCUT2D eigenvalue weighted by Crippen LogP contribution is -2.30. The van der Waals surface area contributed by atoms with Crippen molar-refractivity contribution in [2.24, 2.45) is 18.8 Å². The molecular weight excluding hydrogens is 228 g/mol. The molecule has 1 saturated carbocycles. The highest BCUT2D eigenvalue weighted by atomic mass is 16.5. The molecule has 102 valence electrons. The number of aromatic nitrogens is 2. The summed E-state index contributed by atoms with van der Waals surface area (Å²) in [4.78, 5) is 0. The second kappa shape index (κ2) is 6.20. The molecule has 0 bridgehead atoms. The van der Waals surface area contributed by atoms with Gasteiger partial charge in [-0.1, -0.05) is 25.7 Å². The molecule has 0 amide bonds. The topological polar surface area (TPSA) is 65.1 Å². The normalized spacial score (nSPS) is 18.2. The monoisotopic (exact) mass is 252 g/mol. The average Bonchev–Trinajstić information content (AvgIpc) is 3.01. The van der Waals surface area contributed by atoms with Gasteiger partial charge in [-0.15, -0.1) is 0 Å². The fourth-order valence-electron chi connectivity index (χ4n) is 2.98. The highest BCUT2D eigenvalue weighted by Gasteiger charge is 2.22. The van der Waals surface area contributed by atoms with Crippen molar-refractivity contribution >= 4 is 0 Å². The van der Waals surface area contributed by atoms with Crippen molar-refractivity contribution in [3.05, 3.63) is 11.9 Å². The van der Waals surface area contributed by atoms with Crippen LogP contribution < -0.4 is 16.0 Å². The molecule has 0 aromatic carbocycles. The summed E-state index contributed by atoms with van der Waals surface area (Å²) < 4.78 is 7.19. The van der Waals surface area contributed by atoms with Crippen LogP contribution >= 0.6 is 0 Å². The molecule has 1 aromatic heterocycles. The van der Waals surface area contributed by atoms with Crippen LogP contribution in [0.2, 0.25) is 0 Å². The summed E-state index contributed by atoms with van der Waals surface area (Å²) in [5, 5.41) is 4.23. The average molecular weight is 252 g/mol. The molecule has 5 nitrogen and oxygen atoms in total. The smallest absolute Gasteiger partial charge is 0.161 e. The van der Waals surface area contributed by atoms with Gasteiger partial charge in [0.1, 0.15) is 0 Å². The first-order chi connectivity index (χ1) is 8.76. The lowest BCUT2D eigenvalue weighted by Gasteiger charge is -2.19. The van der Waals surface area contributed by atoms with E-state index in [0.29, 0.717) is 0 Å². The Kier molecular flexibility index (Phi) is 4.60. The number of ether oxygens (including phenoxy) is 1. The summed E-state index contributed by atoms with van der Waals surface area (Å²) >= 11 is 0. The van der Waals surface area contributed by atoms with Crippen LogP contribution in [0.25, 0.3) is 0 Å². The van der Waals surface area contributed by atoms with E-state index in [4.69, 9.17) is 10.6 Å². The maximum Gasteiger partial charge on any atom is 0.161 e. The van der Waals surface area contributed by atoms with Gasteiger partial charge in [-0.05, 0) is 18.8 Å². The Morgan fingerprint density at radius 3 is 2.89 bits per heavy atom. The first kappa shape index (κ1) is 13.4. The van der Waals surface area contributed by atoms with Crippen LogP contribution in [0.15, 0.2) is 6.20 Å². The Morgan fingerprint density at radius 2 is 2.28 bits per heavy atom. The quantitative estimate of drug-likeness (QED) is 0.599. The molecule has 0 spiro atoms. The minimum atomic E-state index is 0.119. The van der Waals surface area contributed by atoms with Gasteiger partial charge in [-0.3, -0.25) is 16.0 Å². The van der Waals surface area contributed by atoms with Gasteiger partial charge >= 0.3 is 0 Å². The maximum absolute atomic E-state index is 5.69. The largest absolute Gasteiger partial charge is 0.493 e. The van der Waals surface area contributed by atoms with E-state index in [9.17, 15) is 0 Å². The molecule has 5 heteroatoms. The molecule has 1 heterocycles. The molecular formula is C13H24N4O. The minimum absolute atomic E-state index is 0.119. The summed E-state index contributed by atoms with van der Waals surface area (Å²) in [5.41, 5.74) is 3.94. The maximum atomic E-state index is 5.69.